The van der Waals surface area contributed by atoms with Gasteiger partial charge >= 0.3 is 5.63 Å². The first-order valence-corrected chi connectivity index (χ1v) is 5.31. The van der Waals surface area contributed by atoms with Crippen LogP contribution in [0.3, 0.4) is 0 Å². The minimum absolute atomic E-state index is 0.00824. The van der Waals surface area contributed by atoms with E-state index in [-0.39, 0.29) is 35.2 Å². The second-order valence-corrected chi connectivity index (χ2v) is 3.96. The summed E-state index contributed by atoms with van der Waals surface area (Å²) in [6, 6.07) is 1.33. The summed E-state index contributed by atoms with van der Waals surface area (Å²) >= 11 is 0. The number of rotatable bonds is 4. The number of hydrogen-bond donors (Lipinski definition) is 1. The minimum Gasteiger partial charge on any atom is -0.507 e. The van der Waals surface area contributed by atoms with Crippen molar-refractivity contribution in [3.63, 3.8) is 0 Å². The van der Waals surface area contributed by atoms with Crippen LogP contribution in [0.4, 0.5) is 0 Å². The molecular formula is C12H16O4. The zero-order valence-corrected chi connectivity index (χ0v) is 9.74. The molecule has 0 radical (unpaired) electrons. The first-order chi connectivity index (χ1) is 7.45. The molecule has 0 amide bonds. The molecule has 0 aliphatic rings. The smallest absolute Gasteiger partial charge is 0.342 e. The number of Topliss-reactive ketones (excluding diaryl/α,β-unsaturated/α-hetero) is 1. The maximum absolute atomic E-state index is 11.6. The van der Waals surface area contributed by atoms with Crippen molar-refractivity contribution in [3.05, 3.63) is 27.8 Å². The van der Waals surface area contributed by atoms with Crippen molar-refractivity contribution in [2.24, 2.45) is 5.92 Å². The first kappa shape index (κ1) is 12.5. The van der Waals surface area contributed by atoms with Crippen molar-refractivity contribution >= 4 is 5.78 Å². The van der Waals surface area contributed by atoms with Gasteiger partial charge in [0.15, 0.2) is 0 Å². The van der Waals surface area contributed by atoms with E-state index in [0.717, 1.165) is 6.42 Å². The third kappa shape index (κ3) is 2.72. The lowest BCUT2D eigenvalue weighted by atomic mass is 10.00. The summed E-state index contributed by atoms with van der Waals surface area (Å²) in [5.74, 6) is 0.0456. The molecule has 0 saturated carbocycles. The molecule has 1 atom stereocenters. The van der Waals surface area contributed by atoms with E-state index in [0.29, 0.717) is 0 Å². The topological polar surface area (TPSA) is 67.5 Å². The van der Waals surface area contributed by atoms with Gasteiger partial charge in [-0.15, -0.1) is 0 Å². The third-order valence-corrected chi connectivity index (χ3v) is 2.72. The summed E-state index contributed by atoms with van der Waals surface area (Å²) in [7, 11) is 0. The van der Waals surface area contributed by atoms with Gasteiger partial charge in [0, 0.05) is 12.0 Å². The Morgan fingerprint density at radius 1 is 1.56 bits per heavy atom. The zero-order chi connectivity index (χ0) is 12.3. The van der Waals surface area contributed by atoms with Crippen molar-refractivity contribution in [3.8, 4) is 5.75 Å². The SMILES string of the molecule is CCC(C)C(=O)Cc1cc(O)c(C)c(=O)o1. The Kier molecular flexibility index (Phi) is 3.88. The van der Waals surface area contributed by atoms with Gasteiger partial charge in [0.05, 0.1) is 12.0 Å². The molecule has 1 aromatic heterocycles. The zero-order valence-electron chi connectivity index (χ0n) is 9.74. The number of aromatic hydroxyl groups is 1. The summed E-state index contributed by atoms with van der Waals surface area (Å²) in [6.07, 6.45) is 0.805. The van der Waals surface area contributed by atoms with E-state index in [2.05, 4.69) is 0 Å². The molecule has 1 rings (SSSR count). The van der Waals surface area contributed by atoms with Crippen LogP contribution in [-0.4, -0.2) is 10.9 Å². The Balaban J connectivity index is 2.91. The van der Waals surface area contributed by atoms with Crippen molar-refractivity contribution < 1.29 is 14.3 Å². The molecule has 4 heteroatoms. The Morgan fingerprint density at radius 3 is 2.69 bits per heavy atom. The molecule has 1 heterocycles. The molecule has 0 spiro atoms. The number of hydrogen-bond acceptors (Lipinski definition) is 4. The molecule has 1 aromatic rings. The molecule has 0 aromatic carbocycles. The molecule has 0 saturated heterocycles. The van der Waals surface area contributed by atoms with Gasteiger partial charge in [-0.2, -0.15) is 0 Å². The van der Waals surface area contributed by atoms with Crippen LogP contribution in [-0.2, 0) is 11.2 Å². The van der Waals surface area contributed by atoms with Gasteiger partial charge in [0.1, 0.15) is 17.3 Å². The number of carbonyl (C=O) groups is 1. The lowest BCUT2D eigenvalue weighted by Crippen LogP contribution is -2.14. The van der Waals surface area contributed by atoms with E-state index in [1.54, 1.807) is 0 Å². The van der Waals surface area contributed by atoms with Crippen LogP contribution >= 0.6 is 0 Å². The van der Waals surface area contributed by atoms with Crippen molar-refractivity contribution in [1.29, 1.82) is 0 Å². The van der Waals surface area contributed by atoms with Crippen LogP contribution in [0.2, 0.25) is 0 Å². The van der Waals surface area contributed by atoms with Crippen LogP contribution in [0.5, 0.6) is 5.75 Å². The molecule has 1 N–H and O–H groups in total. The fourth-order valence-electron chi connectivity index (χ4n) is 1.25. The van der Waals surface area contributed by atoms with Crippen LogP contribution in [0.25, 0.3) is 0 Å². The van der Waals surface area contributed by atoms with Gasteiger partial charge in [0.25, 0.3) is 0 Å². The standard InChI is InChI=1S/C12H16O4/c1-4-7(2)10(13)5-9-6-11(14)8(3)12(15)16-9/h6-7,14H,4-5H2,1-3H3. The summed E-state index contributed by atoms with van der Waals surface area (Å²) in [5, 5.41) is 9.42. The molecule has 16 heavy (non-hydrogen) atoms. The van der Waals surface area contributed by atoms with Crippen LogP contribution < -0.4 is 5.63 Å². The average Bonchev–Trinajstić information content (AvgIpc) is 2.24. The summed E-state index contributed by atoms with van der Waals surface area (Å²) < 4.78 is 4.92. The van der Waals surface area contributed by atoms with Gasteiger partial charge in [-0.1, -0.05) is 13.8 Å². The van der Waals surface area contributed by atoms with Crippen molar-refractivity contribution in [2.45, 2.75) is 33.6 Å². The maximum Gasteiger partial charge on any atom is 0.342 e. The Morgan fingerprint density at radius 2 is 2.19 bits per heavy atom. The highest BCUT2D eigenvalue weighted by atomic mass is 16.4. The lowest BCUT2D eigenvalue weighted by molar-refractivity contribution is -0.122. The van der Waals surface area contributed by atoms with Gasteiger partial charge in [-0.05, 0) is 13.3 Å². The quantitative estimate of drug-likeness (QED) is 0.846. The molecule has 0 aliphatic heterocycles. The summed E-state index contributed by atoms with van der Waals surface area (Å²) in [6.45, 7) is 5.22. The highest BCUT2D eigenvalue weighted by Crippen LogP contribution is 2.15. The van der Waals surface area contributed by atoms with Gasteiger partial charge in [0.2, 0.25) is 0 Å². The molecule has 0 bridgehead atoms. The van der Waals surface area contributed by atoms with Crippen molar-refractivity contribution in [2.75, 3.05) is 0 Å². The maximum atomic E-state index is 11.6. The van der Waals surface area contributed by atoms with E-state index in [1.165, 1.54) is 13.0 Å². The molecule has 4 nitrogen and oxygen atoms in total. The second kappa shape index (κ2) is 4.96. The number of ketones is 1. The molecular weight excluding hydrogens is 208 g/mol. The second-order valence-electron chi connectivity index (χ2n) is 3.96. The molecule has 1 unspecified atom stereocenters. The predicted octanol–water partition coefficient (Wildman–Crippen LogP) is 1.81. The van der Waals surface area contributed by atoms with E-state index < -0.39 is 5.63 Å². The van der Waals surface area contributed by atoms with E-state index in [4.69, 9.17) is 4.42 Å². The Bertz CT molecular complexity index is 445. The normalized spacial score (nSPS) is 12.4. The monoisotopic (exact) mass is 224 g/mol. The molecule has 0 fully saturated rings. The highest BCUT2D eigenvalue weighted by Gasteiger charge is 2.14. The van der Waals surface area contributed by atoms with Crippen molar-refractivity contribution in [1.82, 2.24) is 0 Å². The molecule has 88 valence electrons. The van der Waals surface area contributed by atoms with E-state index >= 15 is 0 Å². The third-order valence-electron chi connectivity index (χ3n) is 2.72. The fraction of sp³-hybridized carbons (Fsp3) is 0.500. The van der Waals surface area contributed by atoms with Crippen LogP contribution in [0.1, 0.15) is 31.6 Å². The lowest BCUT2D eigenvalue weighted by Gasteiger charge is -2.06. The Labute approximate surface area is 93.9 Å². The van der Waals surface area contributed by atoms with E-state index in [1.807, 2.05) is 13.8 Å². The highest BCUT2D eigenvalue weighted by molar-refractivity contribution is 5.82. The van der Waals surface area contributed by atoms with Crippen LogP contribution in [0, 0.1) is 12.8 Å². The molecule has 0 aliphatic carbocycles. The largest absolute Gasteiger partial charge is 0.507 e. The first-order valence-electron chi connectivity index (χ1n) is 5.31. The van der Waals surface area contributed by atoms with Gasteiger partial charge < -0.3 is 9.52 Å². The van der Waals surface area contributed by atoms with Gasteiger partial charge in [-0.25, -0.2) is 4.79 Å². The predicted molar refractivity (Wildman–Crippen MR) is 59.5 cm³/mol. The minimum atomic E-state index is -0.591. The van der Waals surface area contributed by atoms with Crippen LogP contribution in [0.15, 0.2) is 15.3 Å². The Hall–Kier alpha value is -1.58. The fourth-order valence-corrected chi connectivity index (χ4v) is 1.25. The van der Waals surface area contributed by atoms with Gasteiger partial charge in [-0.3, -0.25) is 4.79 Å². The number of carbonyl (C=O) groups excluding carboxylic acids is 1. The summed E-state index contributed by atoms with van der Waals surface area (Å²) in [5.41, 5.74) is -0.424. The summed E-state index contributed by atoms with van der Waals surface area (Å²) in [4.78, 5) is 22.9. The van der Waals surface area contributed by atoms with E-state index in [9.17, 15) is 14.7 Å². The average molecular weight is 224 g/mol.